The second kappa shape index (κ2) is 6.40. The van der Waals surface area contributed by atoms with Crippen LogP contribution >= 0.6 is 0 Å². The van der Waals surface area contributed by atoms with Gasteiger partial charge in [0.15, 0.2) is 0 Å². The molecular weight excluding hydrogens is 215 g/mol. The van der Waals surface area contributed by atoms with Crippen molar-refractivity contribution in [3.05, 3.63) is 29.3 Å². The second-order valence-electron chi connectivity index (χ2n) is 3.16. The van der Waals surface area contributed by atoms with Crippen molar-refractivity contribution in [3.63, 3.8) is 0 Å². The fourth-order valence-electron chi connectivity index (χ4n) is 1.27. The maximum Gasteiger partial charge on any atom is 0.416 e. The average molecular weight is 233 g/mol. The number of hydrogen-bond donors (Lipinski definition) is 1. The fraction of sp³-hybridized carbons (Fsp3) is 0.500. The first-order valence-corrected chi connectivity index (χ1v) is 5.40. The van der Waals surface area contributed by atoms with E-state index < -0.39 is 11.7 Å². The van der Waals surface area contributed by atoms with Crippen molar-refractivity contribution < 1.29 is 13.2 Å². The van der Waals surface area contributed by atoms with Crippen LogP contribution in [0.2, 0.25) is 0 Å². The number of anilines is 1. The van der Waals surface area contributed by atoms with E-state index in [1.54, 1.807) is 0 Å². The fourth-order valence-corrected chi connectivity index (χ4v) is 1.27. The molecule has 0 spiro atoms. The highest BCUT2D eigenvalue weighted by atomic mass is 19.4. The van der Waals surface area contributed by atoms with Crippen molar-refractivity contribution in [2.45, 2.75) is 39.8 Å². The molecule has 0 saturated heterocycles. The molecule has 92 valence electrons. The zero-order chi connectivity index (χ0) is 12.8. The summed E-state index contributed by atoms with van der Waals surface area (Å²) >= 11 is 0. The van der Waals surface area contributed by atoms with Crippen LogP contribution in [0.15, 0.2) is 18.2 Å². The standard InChI is InChI=1S/C10H12F3N.C2H6/c1-2-3-7-6-8(10(11,12)13)4-5-9(7)14;1-2/h4-6H,2-3,14H2,1H3;1-2H3. The van der Waals surface area contributed by atoms with Crippen LogP contribution in [0.5, 0.6) is 0 Å². The highest BCUT2D eigenvalue weighted by Gasteiger charge is 2.30. The number of nitrogen functional groups attached to an aromatic ring is 1. The summed E-state index contributed by atoms with van der Waals surface area (Å²) < 4.78 is 36.9. The maximum atomic E-state index is 12.3. The Morgan fingerprint density at radius 2 is 1.75 bits per heavy atom. The summed E-state index contributed by atoms with van der Waals surface area (Å²) in [5.41, 5.74) is 5.92. The van der Waals surface area contributed by atoms with Crippen LogP contribution < -0.4 is 5.73 Å². The van der Waals surface area contributed by atoms with Crippen LogP contribution in [0.3, 0.4) is 0 Å². The topological polar surface area (TPSA) is 26.0 Å². The number of rotatable bonds is 2. The van der Waals surface area contributed by atoms with E-state index in [0.29, 0.717) is 17.7 Å². The molecule has 4 heteroatoms. The van der Waals surface area contributed by atoms with Crippen LogP contribution in [0.1, 0.15) is 38.3 Å². The second-order valence-corrected chi connectivity index (χ2v) is 3.16. The zero-order valence-corrected chi connectivity index (χ0v) is 9.86. The van der Waals surface area contributed by atoms with E-state index in [4.69, 9.17) is 5.73 Å². The Balaban J connectivity index is 0.00000106. The minimum Gasteiger partial charge on any atom is -0.399 e. The predicted molar refractivity (Wildman–Crippen MR) is 61.2 cm³/mol. The lowest BCUT2D eigenvalue weighted by Crippen LogP contribution is -2.06. The lowest BCUT2D eigenvalue weighted by atomic mass is 10.0. The summed E-state index contributed by atoms with van der Waals surface area (Å²) in [6.45, 7) is 5.90. The number of aryl methyl sites for hydroxylation is 1. The monoisotopic (exact) mass is 233 g/mol. The molecule has 0 fully saturated rings. The van der Waals surface area contributed by atoms with Crippen LogP contribution in [-0.4, -0.2) is 0 Å². The van der Waals surface area contributed by atoms with Gasteiger partial charge in [-0.15, -0.1) is 0 Å². The molecule has 1 rings (SSSR count). The van der Waals surface area contributed by atoms with Crippen molar-refractivity contribution in [1.82, 2.24) is 0 Å². The molecule has 1 aromatic carbocycles. The summed E-state index contributed by atoms with van der Waals surface area (Å²) in [6.07, 6.45) is -2.92. The molecule has 0 bridgehead atoms. The molecule has 0 amide bonds. The summed E-state index contributed by atoms with van der Waals surface area (Å²) in [6, 6.07) is 3.45. The van der Waals surface area contributed by atoms with Gasteiger partial charge in [0.1, 0.15) is 0 Å². The van der Waals surface area contributed by atoms with Crippen LogP contribution in [0, 0.1) is 0 Å². The lowest BCUT2D eigenvalue weighted by molar-refractivity contribution is -0.137. The van der Waals surface area contributed by atoms with Gasteiger partial charge in [-0.2, -0.15) is 13.2 Å². The van der Waals surface area contributed by atoms with E-state index >= 15 is 0 Å². The van der Waals surface area contributed by atoms with E-state index in [0.717, 1.165) is 18.6 Å². The van der Waals surface area contributed by atoms with Gasteiger partial charge in [0.05, 0.1) is 5.56 Å². The van der Waals surface area contributed by atoms with Crippen molar-refractivity contribution in [2.75, 3.05) is 5.73 Å². The highest BCUT2D eigenvalue weighted by molar-refractivity contribution is 5.49. The van der Waals surface area contributed by atoms with Crippen molar-refractivity contribution >= 4 is 5.69 Å². The van der Waals surface area contributed by atoms with Gasteiger partial charge in [-0.1, -0.05) is 27.2 Å². The van der Waals surface area contributed by atoms with Gasteiger partial charge in [0.2, 0.25) is 0 Å². The zero-order valence-electron chi connectivity index (χ0n) is 9.86. The average Bonchev–Trinajstić information content (AvgIpc) is 2.23. The molecule has 0 heterocycles. The third kappa shape index (κ3) is 4.13. The molecule has 0 radical (unpaired) electrons. The number of hydrogen-bond acceptors (Lipinski definition) is 1. The van der Waals surface area contributed by atoms with E-state index in [-0.39, 0.29) is 0 Å². The Hall–Kier alpha value is -1.19. The van der Waals surface area contributed by atoms with Gasteiger partial charge >= 0.3 is 6.18 Å². The van der Waals surface area contributed by atoms with Crippen LogP contribution in [-0.2, 0) is 12.6 Å². The first kappa shape index (κ1) is 14.8. The molecule has 0 aliphatic heterocycles. The van der Waals surface area contributed by atoms with Crippen molar-refractivity contribution in [1.29, 1.82) is 0 Å². The van der Waals surface area contributed by atoms with Gasteiger partial charge in [-0.05, 0) is 30.2 Å². The molecular formula is C12H18F3N. The molecule has 16 heavy (non-hydrogen) atoms. The van der Waals surface area contributed by atoms with Crippen LogP contribution in [0.25, 0.3) is 0 Å². The molecule has 2 N–H and O–H groups in total. The predicted octanol–water partition coefficient (Wildman–Crippen LogP) is 4.27. The van der Waals surface area contributed by atoms with E-state index in [9.17, 15) is 13.2 Å². The van der Waals surface area contributed by atoms with E-state index in [1.807, 2.05) is 20.8 Å². The van der Waals surface area contributed by atoms with Crippen LogP contribution in [0.4, 0.5) is 18.9 Å². The van der Waals surface area contributed by atoms with Crippen molar-refractivity contribution in [3.8, 4) is 0 Å². The number of benzene rings is 1. The number of halogens is 3. The van der Waals surface area contributed by atoms with Gasteiger partial charge in [0.25, 0.3) is 0 Å². The Labute approximate surface area is 94.5 Å². The quantitative estimate of drug-likeness (QED) is 0.758. The molecule has 1 aromatic rings. The summed E-state index contributed by atoms with van der Waals surface area (Å²) in [5.74, 6) is 0. The molecule has 0 unspecified atom stereocenters. The highest BCUT2D eigenvalue weighted by Crippen LogP contribution is 2.31. The normalized spacial score (nSPS) is 10.6. The SMILES string of the molecule is CC.CCCc1cc(C(F)(F)F)ccc1N. The summed E-state index contributed by atoms with van der Waals surface area (Å²) in [4.78, 5) is 0. The van der Waals surface area contributed by atoms with Gasteiger partial charge in [0, 0.05) is 5.69 Å². The first-order chi connectivity index (χ1) is 7.45. The smallest absolute Gasteiger partial charge is 0.399 e. The number of nitrogens with two attached hydrogens (primary N) is 1. The van der Waals surface area contributed by atoms with Crippen molar-refractivity contribution in [2.24, 2.45) is 0 Å². The Morgan fingerprint density at radius 3 is 2.19 bits per heavy atom. The van der Waals surface area contributed by atoms with E-state index in [1.165, 1.54) is 6.07 Å². The summed E-state index contributed by atoms with van der Waals surface area (Å²) in [7, 11) is 0. The third-order valence-electron chi connectivity index (χ3n) is 1.99. The molecule has 0 saturated carbocycles. The molecule has 0 aromatic heterocycles. The minimum absolute atomic E-state index is 0.430. The Kier molecular flexibility index (Phi) is 5.93. The first-order valence-electron chi connectivity index (χ1n) is 5.40. The minimum atomic E-state index is -4.28. The molecule has 0 atom stereocenters. The molecule has 1 nitrogen and oxygen atoms in total. The largest absolute Gasteiger partial charge is 0.416 e. The Morgan fingerprint density at radius 1 is 1.19 bits per heavy atom. The van der Waals surface area contributed by atoms with E-state index in [2.05, 4.69) is 0 Å². The molecule has 0 aliphatic carbocycles. The number of alkyl halides is 3. The van der Waals surface area contributed by atoms with Gasteiger partial charge < -0.3 is 5.73 Å². The lowest BCUT2D eigenvalue weighted by Gasteiger charge is -2.10. The van der Waals surface area contributed by atoms with Gasteiger partial charge in [-0.3, -0.25) is 0 Å². The third-order valence-corrected chi connectivity index (χ3v) is 1.99. The maximum absolute atomic E-state index is 12.3. The Bertz CT molecular complexity index is 319. The van der Waals surface area contributed by atoms with Gasteiger partial charge in [-0.25, -0.2) is 0 Å². The summed E-state index contributed by atoms with van der Waals surface area (Å²) in [5, 5.41) is 0. The molecule has 0 aliphatic rings.